The van der Waals surface area contributed by atoms with Crippen molar-refractivity contribution < 1.29 is 9.53 Å². The third kappa shape index (κ3) is 3.38. The minimum absolute atomic E-state index is 0.0268. The van der Waals surface area contributed by atoms with Crippen LogP contribution in [0.3, 0.4) is 0 Å². The van der Waals surface area contributed by atoms with E-state index >= 15 is 0 Å². The summed E-state index contributed by atoms with van der Waals surface area (Å²) in [5.74, 6) is 0.0429. The fraction of sp³-hybridized carbons (Fsp3) is 0.500. The Morgan fingerprint density at radius 1 is 1.42 bits per heavy atom. The summed E-state index contributed by atoms with van der Waals surface area (Å²) >= 11 is 0. The zero-order valence-corrected chi connectivity index (χ0v) is 14.2. The summed E-state index contributed by atoms with van der Waals surface area (Å²) in [4.78, 5) is 19.9. The number of carbonyl (C=O) groups excluding carboxylic acids is 1. The molecule has 0 saturated heterocycles. The van der Waals surface area contributed by atoms with Gasteiger partial charge in [-0.25, -0.2) is 4.79 Å². The molecule has 1 aliphatic rings. The van der Waals surface area contributed by atoms with Gasteiger partial charge in [-0.1, -0.05) is 11.3 Å². The van der Waals surface area contributed by atoms with Crippen molar-refractivity contribution in [3.8, 4) is 0 Å². The topological polar surface area (TPSA) is 76.4 Å². The van der Waals surface area contributed by atoms with Gasteiger partial charge in [0, 0.05) is 39.8 Å². The van der Waals surface area contributed by atoms with Crippen molar-refractivity contribution >= 4 is 6.03 Å². The van der Waals surface area contributed by atoms with Crippen molar-refractivity contribution in [2.24, 2.45) is 7.05 Å². The molecule has 2 aromatic heterocycles. The predicted molar refractivity (Wildman–Crippen MR) is 87.1 cm³/mol. The van der Waals surface area contributed by atoms with E-state index in [9.17, 15) is 4.79 Å². The van der Waals surface area contributed by atoms with Crippen LogP contribution in [0.4, 0.5) is 4.79 Å². The Bertz CT molecular complexity index is 700. The van der Waals surface area contributed by atoms with Gasteiger partial charge in [0.05, 0.1) is 31.1 Å². The highest BCUT2D eigenvalue weighted by atomic mass is 16.5. The average molecular weight is 330 g/mol. The second-order valence-electron chi connectivity index (χ2n) is 6.14. The quantitative estimate of drug-likeness (QED) is 0.836. The number of urea groups is 1. The molecule has 2 aromatic rings. The standard InChI is InChI=1S/C16H22N6O2/c1-20(2)16(23)22-8-12(15-14(9-22)18-19-21(15)3)10-24-11-13-6-4-5-7-17-13/h4-7,12H,8-11H2,1-3H3/t12-/m1/s1. The molecular formula is C16H22N6O2. The lowest BCUT2D eigenvalue weighted by Gasteiger charge is -2.33. The minimum Gasteiger partial charge on any atom is -0.374 e. The lowest BCUT2D eigenvalue weighted by atomic mass is 9.99. The number of hydrogen-bond donors (Lipinski definition) is 0. The molecule has 0 N–H and O–H groups in total. The number of amides is 2. The van der Waals surface area contributed by atoms with Crippen LogP contribution >= 0.6 is 0 Å². The van der Waals surface area contributed by atoms with Crippen LogP contribution < -0.4 is 0 Å². The van der Waals surface area contributed by atoms with E-state index in [0.717, 1.165) is 17.1 Å². The second kappa shape index (κ2) is 6.96. The summed E-state index contributed by atoms with van der Waals surface area (Å²) in [6, 6.07) is 5.72. The first kappa shape index (κ1) is 16.4. The molecule has 0 saturated carbocycles. The molecule has 1 atom stereocenters. The van der Waals surface area contributed by atoms with Gasteiger partial charge in [-0.3, -0.25) is 9.67 Å². The van der Waals surface area contributed by atoms with Crippen molar-refractivity contribution in [1.29, 1.82) is 0 Å². The van der Waals surface area contributed by atoms with Crippen LogP contribution in [-0.4, -0.2) is 63.1 Å². The molecule has 0 spiro atoms. The van der Waals surface area contributed by atoms with Gasteiger partial charge in [-0.05, 0) is 12.1 Å². The Balaban J connectivity index is 1.70. The maximum atomic E-state index is 12.3. The number of rotatable bonds is 4. The Labute approximate surface area is 141 Å². The Morgan fingerprint density at radius 3 is 2.96 bits per heavy atom. The smallest absolute Gasteiger partial charge is 0.319 e. The molecule has 8 nitrogen and oxygen atoms in total. The zero-order valence-electron chi connectivity index (χ0n) is 14.2. The first-order chi connectivity index (χ1) is 11.6. The van der Waals surface area contributed by atoms with Gasteiger partial charge in [0.25, 0.3) is 0 Å². The van der Waals surface area contributed by atoms with Crippen LogP contribution in [0.15, 0.2) is 24.4 Å². The summed E-state index contributed by atoms with van der Waals surface area (Å²) < 4.78 is 7.63. The number of aromatic nitrogens is 4. The summed E-state index contributed by atoms with van der Waals surface area (Å²) in [5, 5.41) is 8.30. The van der Waals surface area contributed by atoms with Gasteiger partial charge in [0.1, 0.15) is 5.69 Å². The van der Waals surface area contributed by atoms with Crippen molar-refractivity contribution in [2.45, 2.75) is 19.1 Å². The highest BCUT2D eigenvalue weighted by Crippen LogP contribution is 2.27. The van der Waals surface area contributed by atoms with Crippen LogP contribution in [0.5, 0.6) is 0 Å². The first-order valence-corrected chi connectivity index (χ1v) is 7.88. The molecule has 0 bridgehead atoms. The molecule has 0 unspecified atom stereocenters. The summed E-state index contributed by atoms with van der Waals surface area (Å²) in [6.07, 6.45) is 1.75. The molecule has 128 valence electrons. The average Bonchev–Trinajstić information content (AvgIpc) is 2.96. The lowest BCUT2D eigenvalue weighted by Crippen LogP contribution is -2.44. The number of ether oxygens (including phenoxy) is 1. The molecule has 0 fully saturated rings. The highest BCUT2D eigenvalue weighted by molar-refractivity contribution is 5.74. The van der Waals surface area contributed by atoms with Gasteiger partial charge in [-0.15, -0.1) is 5.10 Å². The summed E-state index contributed by atoms with van der Waals surface area (Å²) in [7, 11) is 5.38. The number of nitrogens with zero attached hydrogens (tertiary/aromatic N) is 6. The normalized spacial score (nSPS) is 16.8. The molecule has 3 heterocycles. The molecule has 24 heavy (non-hydrogen) atoms. The number of pyridine rings is 1. The number of aryl methyl sites for hydroxylation is 1. The van der Waals surface area contributed by atoms with Crippen LogP contribution in [0.2, 0.25) is 0 Å². The molecule has 8 heteroatoms. The maximum absolute atomic E-state index is 12.3. The van der Waals surface area contributed by atoms with E-state index in [1.165, 1.54) is 0 Å². The van der Waals surface area contributed by atoms with Gasteiger partial charge < -0.3 is 14.5 Å². The first-order valence-electron chi connectivity index (χ1n) is 7.88. The van der Waals surface area contributed by atoms with Crippen LogP contribution in [0.25, 0.3) is 0 Å². The molecular weight excluding hydrogens is 308 g/mol. The third-order valence-electron chi connectivity index (χ3n) is 4.06. The van der Waals surface area contributed by atoms with Crippen LogP contribution in [0, 0.1) is 0 Å². The Kier molecular flexibility index (Phi) is 4.75. The van der Waals surface area contributed by atoms with Gasteiger partial charge in [0.15, 0.2) is 0 Å². The van der Waals surface area contributed by atoms with E-state index in [1.807, 2.05) is 25.2 Å². The highest BCUT2D eigenvalue weighted by Gasteiger charge is 2.33. The largest absolute Gasteiger partial charge is 0.374 e. The number of carbonyl (C=O) groups is 1. The number of fused-ring (bicyclic) bond motifs is 1. The van der Waals surface area contributed by atoms with E-state index < -0.39 is 0 Å². The molecule has 0 radical (unpaired) electrons. The molecule has 1 aliphatic heterocycles. The van der Waals surface area contributed by atoms with Crippen LogP contribution in [-0.2, 0) is 24.9 Å². The maximum Gasteiger partial charge on any atom is 0.319 e. The van der Waals surface area contributed by atoms with E-state index in [-0.39, 0.29) is 11.9 Å². The monoisotopic (exact) mass is 330 g/mol. The van der Waals surface area contributed by atoms with E-state index in [2.05, 4.69) is 15.3 Å². The Morgan fingerprint density at radius 2 is 2.25 bits per heavy atom. The van der Waals surface area contributed by atoms with Gasteiger partial charge in [0.2, 0.25) is 0 Å². The van der Waals surface area contributed by atoms with Crippen LogP contribution in [0.1, 0.15) is 23.0 Å². The minimum atomic E-state index is -0.0268. The van der Waals surface area contributed by atoms with E-state index in [1.54, 1.807) is 34.8 Å². The number of hydrogen-bond acceptors (Lipinski definition) is 5. The van der Waals surface area contributed by atoms with E-state index in [0.29, 0.717) is 26.3 Å². The van der Waals surface area contributed by atoms with Gasteiger partial charge in [-0.2, -0.15) is 0 Å². The SMILES string of the molecule is CN(C)C(=O)N1Cc2nnn(C)c2[C@@H](COCc2ccccn2)C1. The lowest BCUT2D eigenvalue weighted by molar-refractivity contribution is 0.0843. The molecule has 3 rings (SSSR count). The molecule has 0 aliphatic carbocycles. The molecule has 0 aromatic carbocycles. The second-order valence-corrected chi connectivity index (χ2v) is 6.14. The summed E-state index contributed by atoms with van der Waals surface area (Å²) in [5.41, 5.74) is 2.77. The van der Waals surface area contributed by atoms with Crippen molar-refractivity contribution in [3.63, 3.8) is 0 Å². The summed E-state index contributed by atoms with van der Waals surface area (Å²) in [6.45, 7) is 2.01. The third-order valence-corrected chi connectivity index (χ3v) is 4.06. The zero-order chi connectivity index (χ0) is 17.1. The van der Waals surface area contributed by atoms with Gasteiger partial charge >= 0.3 is 6.03 Å². The van der Waals surface area contributed by atoms with Crippen molar-refractivity contribution in [3.05, 3.63) is 41.5 Å². The van der Waals surface area contributed by atoms with Crippen molar-refractivity contribution in [1.82, 2.24) is 29.8 Å². The van der Waals surface area contributed by atoms with E-state index in [4.69, 9.17) is 4.74 Å². The fourth-order valence-corrected chi connectivity index (χ4v) is 2.97. The Hall–Kier alpha value is -2.48. The predicted octanol–water partition coefficient (Wildman–Crippen LogP) is 1.01. The molecule has 2 amide bonds. The van der Waals surface area contributed by atoms with Crippen molar-refractivity contribution in [2.75, 3.05) is 27.2 Å². The fourth-order valence-electron chi connectivity index (χ4n) is 2.97.